The molecule has 3 rings (SSSR count). The minimum absolute atomic E-state index is 0.182. The fraction of sp³-hybridized carbons (Fsp3) is 0.316. The maximum atomic E-state index is 11.5. The fourth-order valence-electron chi connectivity index (χ4n) is 3.34. The second-order valence-electron chi connectivity index (χ2n) is 6.52. The van der Waals surface area contributed by atoms with Gasteiger partial charge < -0.3 is 36.0 Å². The maximum absolute atomic E-state index is 11.5. The molecule has 2 aromatic rings. The number of rotatable bonds is 6. The SMILES string of the molecule is NC(=O)c1ccccc1-c1ccc(OC(O)C2(O)C(O)C(O)C2CO)cc1. The molecule has 144 valence electrons. The molecular weight excluding hydrogens is 354 g/mol. The van der Waals surface area contributed by atoms with E-state index in [1.165, 1.54) is 12.1 Å². The minimum atomic E-state index is -2.19. The number of nitrogens with two attached hydrogens (primary N) is 1. The molecule has 0 heterocycles. The molecule has 8 heteroatoms. The highest BCUT2D eigenvalue weighted by Gasteiger charge is 2.65. The Balaban J connectivity index is 1.78. The summed E-state index contributed by atoms with van der Waals surface area (Å²) < 4.78 is 5.27. The van der Waals surface area contributed by atoms with Gasteiger partial charge in [-0.25, -0.2) is 0 Å². The molecule has 1 amide bonds. The van der Waals surface area contributed by atoms with Gasteiger partial charge in [-0.3, -0.25) is 4.79 Å². The molecule has 1 saturated carbocycles. The van der Waals surface area contributed by atoms with Crippen molar-refractivity contribution in [2.75, 3.05) is 6.61 Å². The van der Waals surface area contributed by atoms with Crippen LogP contribution in [0.5, 0.6) is 5.75 Å². The molecule has 0 radical (unpaired) electrons. The van der Waals surface area contributed by atoms with Crippen molar-refractivity contribution in [3.05, 3.63) is 54.1 Å². The Labute approximate surface area is 155 Å². The van der Waals surface area contributed by atoms with E-state index in [9.17, 15) is 30.3 Å². The van der Waals surface area contributed by atoms with Gasteiger partial charge in [-0.15, -0.1) is 0 Å². The number of carbonyl (C=O) groups is 1. The predicted octanol–water partition coefficient (Wildman–Crippen LogP) is -0.775. The lowest BCUT2D eigenvalue weighted by atomic mass is 9.64. The van der Waals surface area contributed by atoms with E-state index < -0.39 is 42.5 Å². The van der Waals surface area contributed by atoms with Gasteiger partial charge in [0.05, 0.1) is 12.7 Å². The average Bonchev–Trinajstić information content (AvgIpc) is 2.68. The van der Waals surface area contributed by atoms with Gasteiger partial charge in [-0.2, -0.15) is 0 Å². The molecule has 0 saturated heterocycles. The van der Waals surface area contributed by atoms with Crippen molar-refractivity contribution in [1.82, 2.24) is 0 Å². The summed E-state index contributed by atoms with van der Waals surface area (Å²) in [6.07, 6.45) is -4.87. The Bertz CT molecular complexity index is 825. The molecular formula is C19H21NO7. The molecule has 0 spiro atoms. The van der Waals surface area contributed by atoms with Crippen LogP contribution in [0.2, 0.25) is 0 Å². The van der Waals surface area contributed by atoms with Crippen LogP contribution in [0.1, 0.15) is 10.4 Å². The topological polar surface area (TPSA) is 153 Å². The molecule has 0 aliphatic heterocycles. The van der Waals surface area contributed by atoms with Crippen molar-refractivity contribution in [1.29, 1.82) is 0 Å². The summed E-state index contributed by atoms with van der Waals surface area (Å²) in [4.78, 5) is 11.5. The molecule has 27 heavy (non-hydrogen) atoms. The van der Waals surface area contributed by atoms with Gasteiger partial charge in [0.2, 0.25) is 12.2 Å². The number of primary amides is 1. The molecule has 1 fully saturated rings. The summed E-state index contributed by atoms with van der Waals surface area (Å²) >= 11 is 0. The van der Waals surface area contributed by atoms with Crippen LogP contribution >= 0.6 is 0 Å². The zero-order valence-corrected chi connectivity index (χ0v) is 14.3. The van der Waals surface area contributed by atoms with Crippen molar-refractivity contribution in [2.24, 2.45) is 11.7 Å². The monoisotopic (exact) mass is 375 g/mol. The zero-order chi connectivity index (χ0) is 19.8. The maximum Gasteiger partial charge on any atom is 0.249 e. The predicted molar refractivity (Wildman–Crippen MR) is 94.6 cm³/mol. The van der Waals surface area contributed by atoms with Gasteiger partial charge in [0.25, 0.3) is 0 Å². The zero-order valence-electron chi connectivity index (χ0n) is 14.3. The second kappa shape index (κ2) is 7.26. The third kappa shape index (κ3) is 3.18. The molecule has 7 N–H and O–H groups in total. The van der Waals surface area contributed by atoms with Crippen molar-refractivity contribution >= 4 is 5.91 Å². The number of hydrogen-bond acceptors (Lipinski definition) is 7. The van der Waals surface area contributed by atoms with Crippen molar-refractivity contribution in [2.45, 2.75) is 24.1 Å². The second-order valence-corrected chi connectivity index (χ2v) is 6.52. The number of aliphatic hydroxyl groups excluding tert-OH is 4. The molecule has 0 aromatic heterocycles. The lowest BCUT2D eigenvalue weighted by Gasteiger charge is -2.53. The van der Waals surface area contributed by atoms with Crippen molar-refractivity contribution < 1.29 is 35.1 Å². The highest BCUT2D eigenvalue weighted by molar-refractivity contribution is 5.99. The van der Waals surface area contributed by atoms with Crippen LogP contribution in [0.4, 0.5) is 0 Å². The first-order valence-electron chi connectivity index (χ1n) is 8.34. The van der Waals surface area contributed by atoms with Crippen LogP contribution in [0.15, 0.2) is 48.5 Å². The van der Waals surface area contributed by atoms with E-state index in [0.29, 0.717) is 16.7 Å². The van der Waals surface area contributed by atoms with Crippen LogP contribution in [0.25, 0.3) is 11.1 Å². The minimum Gasteiger partial charge on any atom is -0.462 e. The van der Waals surface area contributed by atoms with Crippen molar-refractivity contribution in [3.8, 4) is 16.9 Å². The Hall–Kier alpha value is -2.49. The van der Waals surface area contributed by atoms with Gasteiger partial charge in [0, 0.05) is 11.5 Å². The number of carbonyl (C=O) groups excluding carboxylic acids is 1. The van der Waals surface area contributed by atoms with E-state index >= 15 is 0 Å². The number of ether oxygens (including phenoxy) is 1. The fourth-order valence-corrected chi connectivity index (χ4v) is 3.34. The largest absolute Gasteiger partial charge is 0.462 e. The molecule has 2 aromatic carbocycles. The first kappa shape index (κ1) is 19.3. The molecule has 5 unspecified atom stereocenters. The van der Waals surface area contributed by atoms with Crippen LogP contribution in [-0.4, -0.2) is 62.1 Å². The van der Waals surface area contributed by atoms with Gasteiger partial charge in [0.1, 0.15) is 11.9 Å². The number of hydrogen-bond donors (Lipinski definition) is 6. The Morgan fingerprint density at radius 2 is 1.78 bits per heavy atom. The highest BCUT2D eigenvalue weighted by Crippen LogP contribution is 2.42. The Morgan fingerprint density at radius 1 is 1.15 bits per heavy atom. The molecule has 1 aliphatic rings. The summed E-state index contributed by atoms with van der Waals surface area (Å²) in [6.45, 7) is -0.627. The number of benzene rings is 2. The standard InChI is InChI=1S/C19H21NO7/c20-17(24)13-4-2-1-3-12(13)10-5-7-11(8-6-10)27-18(25)19(26)14(9-21)15(22)16(19)23/h1-8,14-16,18,21-23,25-26H,9H2,(H2,20,24). The third-order valence-electron chi connectivity index (χ3n) is 5.00. The van der Waals surface area contributed by atoms with Crippen LogP contribution in [0.3, 0.4) is 0 Å². The third-order valence-corrected chi connectivity index (χ3v) is 5.00. The summed E-state index contributed by atoms with van der Waals surface area (Å²) in [5.41, 5.74) is 4.87. The highest BCUT2D eigenvalue weighted by atomic mass is 16.6. The lowest BCUT2D eigenvalue weighted by molar-refractivity contribution is -0.332. The van der Waals surface area contributed by atoms with Crippen LogP contribution < -0.4 is 10.5 Å². The van der Waals surface area contributed by atoms with Crippen LogP contribution in [0, 0.1) is 5.92 Å². The van der Waals surface area contributed by atoms with Crippen molar-refractivity contribution in [3.63, 3.8) is 0 Å². The van der Waals surface area contributed by atoms with E-state index in [-0.39, 0.29) is 5.75 Å². The molecule has 0 bridgehead atoms. The average molecular weight is 375 g/mol. The van der Waals surface area contributed by atoms with E-state index in [0.717, 1.165) is 0 Å². The van der Waals surface area contributed by atoms with E-state index in [1.54, 1.807) is 36.4 Å². The Kier molecular flexibility index (Phi) is 5.18. The Morgan fingerprint density at radius 3 is 2.37 bits per heavy atom. The van der Waals surface area contributed by atoms with Gasteiger partial charge in [-0.1, -0.05) is 30.3 Å². The normalized spacial score (nSPS) is 28.3. The molecule has 1 aliphatic carbocycles. The number of amides is 1. The van der Waals surface area contributed by atoms with Gasteiger partial charge in [0.15, 0.2) is 5.60 Å². The summed E-state index contributed by atoms with van der Waals surface area (Å²) in [5, 5.41) is 49.1. The van der Waals surface area contributed by atoms with E-state index in [4.69, 9.17) is 10.5 Å². The van der Waals surface area contributed by atoms with E-state index in [2.05, 4.69) is 0 Å². The van der Waals surface area contributed by atoms with Gasteiger partial charge >= 0.3 is 0 Å². The first-order valence-corrected chi connectivity index (χ1v) is 8.34. The van der Waals surface area contributed by atoms with Crippen LogP contribution in [-0.2, 0) is 0 Å². The summed E-state index contributed by atoms with van der Waals surface area (Å²) in [7, 11) is 0. The number of aliphatic hydroxyl groups is 5. The first-order chi connectivity index (χ1) is 12.8. The summed E-state index contributed by atoms with van der Waals surface area (Å²) in [6, 6.07) is 13.1. The molecule has 8 nitrogen and oxygen atoms in total. The van der Waals surface area contributed by atoms with Gasteiger partial charge in [-0.05, 0) is 29.3 Å². The summed E-state index contributed by atoms with van der Waals surface area (Å²) in [5.74, 6) is -1.51. The lowest BCUT2D eigenvalue weighted by Crippen LogP contribution is -2.76. The molecule has 5 atom stereocenters. The quantitative estimate of drug-likeness (QED) is 0.362. The smallest absolute Gasteiger partial charge is 0.249 e. The van der Waals surface area contributed by atoms with E-state index in [1.807, 2.05) is 0 Å².